The topological polar surface area (TPSA) is 92.4 Å². The van der Waals surface area contributed by atoms with Gasteiger partial charge >= 0.3 is 12.1 Å². The highest BCUT2D eigenvalue weighted by Crippen LogP contribution is 2.27. The van der Waals surface area contributed by atoms with Gasteiger partial charge in [-0.3, -0.25) is 9.59 Å². The van der Waals surface area contributed by atoms with Crippen LogP contribution in [0.4, 0.5) is 13.2 Å². The largest absolute Gasteiger partial charge is 0.481 e. The Morgan fingerprint density at radius 1 is 1.39 bits per heavy atom. The van der Waals surface area contributed by atoms with Crippen molar-refractivity contribution in [2.24, 2.45) is 11.7 Å². The van der Waals surface area contributed by atoms with Crippen molar-refractivity contribution < 1.29 is 27.9 Å². The molecular formula is C10H17F3N2O3. The summed E-state index contributed by atoms with van der Waals surface area (Å²) in [6.45, 7) is 2.11. The molecule has 0 aliphatic rings. The lowest BCUT2D eigenvalue weighted by molar-refractivity contribution is -0.187. The molecule has 0 spiro atoms. The average molecular weight is 270 g/mol. The van der Waals surface area contributed by atoms with E-state index in [0.29, 0.717) is 13.3 Å². The Balaban J connectivity index is 4.45. The number of carbonyl (C=O) groups is 2. The van der Waals surface area contributed by atoms with Crippen molar-refractivity contribution in [1.29, 1.82) is 0 Å². The first-order chi connectivity index (χ1) is 8.02. The van der Waals surface area contributed by atoms with E-state index >= 15 is 0 Å². The fourth-order valence-electron chi connectivity index (χ4n) is 1.16. The summed E-state index contributed by atoms with van der Waals surface area (Å²) >= 11 is 0. The normalized spacial score (nSPS) is 16.8. The molecule has 0 aromatic carbocycles. The molecule has 106 valence electrons. The number of carboxylic acid groups (broad SMARTS) is 1. The zero-order valence-corrected chi connectivity index (χ0v) is 10.2. The van der Waals surface area contributed by atoms with Gasteiger partial charge in [0, 0.05) is 13.0 Å². The van der Waals surface area contributed by atoms with Crippen LogP contribution in [0.25, 0.3) is 0 Å². The molecule has 4 N–H and O–H groups in total. The van der Waals surface area contributed by atoms with Gasteiger partial charge < -0.3 is 16.2 Å². The highest BCUT2D eigenvalue weighted by Gasteiger charge is 2.53. The van der Waals surface area contributed by atoms with Gasteiger partial charge in [-0.2, -0.15) is 13.2 Å². The highest BCUT2D eigenvalue weighted by molar-refractivity contribution is 5.86. The van der Waals surface area contributed by atoms with Gasteiger partial charge in [0.25, 0.3) is 0 Å². The zero-order valence-electron chi connectivity index (χ0n) is 10.2. The predicted molar refractivity (Wildman–Crippen MR) is 57.7 cm³/mol. The van der Waals surface area contributed by atoms with Crippen molar-refractivity contribution in [1.82, 2.24) is 5.32 Å². The van der Waals surface area contributed by atoms with E-state index < -0.39 is 29.5 Å². The molecule has 5 nitrogen and oxygen atoms in total. The Hall–Kier alpha value is -1.31. The number of amides is 1. The van der Waals surface area contributed by atoms with E-state index in [-0.39, 0.29) is 13.0 Å². The molecule has 0 bridgehead atoms. The monoisotopic (exact) mass is 270 g/mol. The summed E-state index contributed by atoms with van der Waals surface area (Å²) in [7, 11) is 0. The molecule has 0 aliphatic heterocycles. The van der Waals surface area contributed by atoms with Crippen molar-refractivity contribution >= 4 is 11.9 Å². The van der Waals surface area contributed by atoms with Crippen LogP contribution in [0.5, 0.6) is 0 Å². The predicted octanol–water partition coefficient (Wildman–Crippen LogP) is 0.883. The van der Waals surface area contributed by atoms with Gasteiger partial charge in [0.05, 0.1) is 0 Å². The van der Waals surface area contributed by atoms with Crippen LogP contribution in [0.1, 0.15) is 26.7 Å². The Kier molecular flexibility index (Phi) is 5.59. The van der Waals surface area contributed by atoms with Crippen molar-refractivity contribution in [3.63, 3.8) is 0 Å². The Labute approximate surface area is 103 Å². The molecule has 0 fully saturated rings. The molecule has 0 saturated carbocycles. The maximum atomic E-state index is 12.4. The average Bonchev–Trinajstić information content (AvgIpc) is 2.21. The first kappa shape index (κ1) is 16.7. The number of halogens is 3. The third-order valence-electron chi connectivity index (χ3n) is 2.65. The first-order valence-corrected chi connectivity index (χ1v) is 5.38. The lowest BCUT2D eigenvalue weighted by atomic mass is 9.99. The van der Waals surface area contributed by atoms with E-state index in [1.54, 1.807) is 6.92 Å². The van der Waals surface area contributed by atoms with Crippen LogP contribution in [0.3, 0.4) is 0 Å². The third-order valence-corrected chi connectivity index (χ3v) is 2.65. The molecule has 0 aliphatic carbocycles. The van der Waals surface area contributed by atoms with Gasteiger partial charge in [-0.1, -0.05) is 13.3 Å². The van der Waals surface area contributed by atoms with Gasteiger partial charge in [0.2, 0.25) is 5.91 Å². The van der Waals surface area contributed by atoms with Gasteiger partial charge in [0.1, 0.15) is 0 Å². The van der Waals surface area contributed by atoms with Crippen LogP contribution < -0.4 is 11.1 Å². The quantitative estimate of drug-likeness (QED) is 0.668. The molecule has 0 heterocycles. The molecule has 0 rings (SSSR count). The molecule has 2 unspecified atom stereocenters. The highest BCUT2D eigenvalue weighted by atomic mass is 19.4. The summed E-state index contributed by atoms with van der Waals surface area (Å²) < 4.78 is 37.3. The lowest BCUT2D eigenvalue weighted by Gasteiger charge is -2.27. The second-order valence-corrected chi connectivity index (χ2v) is 4.28. The number of hydrogen-bond donors (Lipinski definition) is 3. The van der Waals surface area contributed by atoms with Gasteiger partial charge in [0.15, 0.2) is 5.54 Å². The van der Waals surface area contributed by atoms with Gasteiger partial charge in [-0.05, 0) is 12.8 Å². The molecule has 18 heavy (non-hydrogen) atoms. The van der Waals surface area contributed by atoms with Crippen molar-refractivity contribution in [3.8, 4) is 0 Å². The second-order valence-electron chi connectivity index (χ2n) is 4.28. The van der Waals surface area contributed by atoms with E-state index in [2.05, 4.69) is 0 Å². The fraction of sp³-hybridized carbons (Fsp3) is 0.800. The number of rotatable bonds is 6. The summed E-state index contributed by atoms with van der Waals surface area (Å²) in [4.78, 5) is 21.8. The van der Waals surface area contributed by atoms with E-state index in [4.69, 9.17) is 10.8 Å². The molecule has 8 heteroatoms. The Morgan fingerprint density at radius 2 is 1.89 bits per heavy atom. The summed E-state index contributed by atoms with van der Waals surface area (Å²) in [5, 5.41) is 10.6. The maximum Gasteiger partial charge on any atom is 0.415 e. The second kappa shape index (κ2) is 6.03. The van der Waals surface area contributed by atoms with Crippen molar-refractivity contribution in [2.75, 3.05) is 6.54 Å². The SMILES string of the molecule is CCC(CNC(=O)C(C)(N)C(F)(F)F)CC(=O)O. The van der Waals surface area contributed by atoms with Crippen molar-refractivity contribution in [2.45, 2.75) is 38.4 Å². The number of carboxylic acids is 1. The van der Waals surface area contributed by atoms with Crippen LogP contribution in [0.15, 0.2) is 0 Å². The van der Waals surface area contributed by atoms with Crippen molar-refractivity contribution in [3.05, 3.63) is 0 Å². The molecule has 0 aromatic heterocycles. The molecule has 0 radical (unpaired) electrons. The smallest absolute Gasteiger partial charge is 0.415 e. The minimum Gasteiger partial charge on any atom is -0.481 e. The van der Waals surface area contributed by atoms with Gasteiger partial charge in [-0.15, -0.1) is 0 Å². The molecule has 1 amide bonds. The number of alkyl halides is 3. The summed E-state index contributed by atoms with van der Waals surface area (Å²) in [5.74, 6) is -2.85. The van der Waals surface area contributed by atoms with E-state index in [1.165, 1.54) is 0 Å². The Morgan fingerprint density at radius 3 is 2.22 bits per heavy atom. The zero-order chi connectivity index (χ0) is 14.6. The Bertz CT molecular complexity index is 316. The molecule has 0 aromatic rings. The molecule has 0 saturated heterocycles. The van der Waals surface area contributed by atoms with E-state index in [1.807, 2.05) is 5.32 Å². The fourth-order valence-corrected chi connectivity index (χ4v) is 1.16. The number of nitrogens with two attached hydrogens (primary N) is 1. The third kappa shape index (κ3) is 4.52. The van der Waals surface area contributed by atoms with E-state index in [9.17, 15) is 22.8 Å². The van der Waals surface area contributed by atoms with Crippen LogP contribution in [0.2, 0.25) is 0 Å². The summed E-state index contributed by atoms with van der Waals surface area (Å²) in [5.41, 5.74) is 1.94. The number of carbonyl (C=O) groups excluding carboxylic acids is 1. The summed E-state index contributed by atoms with van der Waals surface area (Å²) in [6.07, 6.45) is -4.64. The summed E-state index contributed by atoms with van der Waals surface area (Å²) in [6, 6.07) is 0. The molecular weight excluding hydrogens is 253 g/mol. The van der Waals surface area contributed by atoms with E-state index in [0.717, 1.165) is 0 Å². The lowest BCUT2D eigenvalue weighted by Crippen LogP contribution is -2.61. The minimum atomic E-state index is -4.86. The standard InChI is InChI=1S/C10H17F3N2O3/c1-3-6(4-7(16)17)5-15-8(18)9(2,14)10(11,12)13/h6H,3-5,14H2,1-2H3,(H,15,18)(H,16,17). The first-order valence-electron chi connectivity index (χ1n) is 5.38. The maximum absolute atomic E-state index is 12.4. The van der Waals surface area contributed by atoms with Crippen LogP contribution in [-0.4, -0.2) is 35.2 Å². The van der Waals surface area contributed by atoms with Crippen LogP contribution in [-0.2, 0) is 9.59 Å². The van der Waals surface area contributed by atoms with Crippen LogP contribution in [0, 0.1) is 5.92 Å². The molecule has 2 atom stereocenters. The number of aliphatic carboxylic acids is 1. The van der Waals surface area contributed by atoms with Crippen LogP contribution >= 0.6 is 0 Å². The minimum absolute atomic E-state index is 0.148. The number of nitrogens with one attached hydrogen (secondary N) is 1. The van der Waals surface area contributed by atoms with Gasteiger partial charge in [-0.25, -0.2) is 0 Å². The number of hydrogen-bond acceptors (Lipinski definition) is 3.